The third-order valence-corrected chi connectivity index (χ3v) is 7.16. The zero-order chi connectivity index (χ0) is 21.0. The van der Waals surface area contributed by atoms with Gasteiger partial charge < -0.3 is 4.85 Å². The molecule has 0 saturated heterocycles. The lowest BCUT2D eigenvalue weighted by Crippen LogP contribution is -2.51. The molecule has 2 aromatic heterocycles. The maximum Gasteiger partial charge on any atom is 0.282 e. The highest BCUT2D eigenvalue weighted by Gasteiger charge is 2.56. The molecule has 6 heteroatoms. The fourth-order valence-electron chi connectivity index (χ4n) is 5.67. The van der Waals surface area contributed by atoms with Crippen molar-refractivity contribution in [3.63, 3.8) is 0 Å². The van der Waals surface area contributed by atoms with Crippen LogP contribution in [0.3, 0.4) is 0 Å². The van der Waals surface area contributed by atoms with E-state index in [0.29, 0.717) is 6.42 Å². The van der Waals surface area contributed by atoms with Gasteiger partial charge in [-0.3, -0.25) is 14.0 Å². The number of aryl methyl sites for hydroxylation is 1. The third-order valence-electron chi connectivity index (χ3n) is 7.16. The van der Waals surface area contributed by atoms with Gasteiger partial charge in [0.15, 0.2) is 0 Å². The monoisotopic (exact) mass is 399 g/mol. The van der Waals surface area contributed by atoms with Crippen LogP contribution in [0.25, 0.3) is 21.9 Å². The number of aromatic nitrogens is 4. The van der Waals surface area contributed by atoms with Crippen LogP contribution >= 0.6 is 0 Å². The minimum absolute atomic E-state index is 0.103. The first kappa shape index (κ1) is 18.8. The zero-order valence-electron chi connectivity index (χ0n) is 17.5. The van der Waals surface area contributed by atoms with Gasteiger partial charge in [0.1, 0.15) is 5.82 Å². The Hall–Kier alpha value is -3.20. The van der Waals surface area contributed by atoms with Gasteiger partial charge in [0.05, 0.1) is 17.6 Å². The van der Waals surface area contributed by atoms with Gasteiger partial charge in [-0.2, -0.15) is 5.10 Å². The number of fused-ring (bicyclic) bond motifs is 3. The molecule has 0 bridgehead atoms. The van der Waals surface area contributed by atoms with Crippen molar-refractivity contribution in [2.45, 2.75) is 44.6 Å². The Morgan fingerprint density at radius 2 is 2.03 bits per heavy atom. The van der Waals surface area contributed by atoms with Crippen molar-refractivity contribution >= 4 is 5.78 Å². The minimum atomic E-state index is -0.573. The SMILES string of the molecule is [C-]#[N+]C1C[C@]2(C)c3nc(-c4ccccc4)n(-c4cnn(C)c4)c3CC[C@H]2[C@H](C)C1=O. The first-order valence-corrected chi connectivity index (χ1v) is 10.5. The van der Waals surface area contributed by atoms with Crippen LogP contribution < -0.4 is 0 Å². The molecule has 1 saturated carbocycles. The van der Waals surface area contributed by atoms with Crippen molar-refractivity contribution in [3.05, 3.63) is 65.5 Å². The van der Waals surface area contributed by atoms with E-state index in [1.54, 1.807) is 4.68 Å². The third kappa shape index (κ3) is 2.58. The van der Waals surface area contributed by atoms with E-state index in [1.165, 1.54) is 5.69 Å². The highest BCUT2D eigenvalue weighted by atomic mass is 16.1. The summed E-state index contributed by atoms with van der Waals surface area (Å²) in [6.45, 7) is 11.8. The Morgan fingerprint density at radius 1 is 1.27 bits per heavy atom. The van der Waals surface area contributed by atoms with Crippen LogP contribution in [0.4, 0.5) is 0 Å². The number of carbonyl (C=O) groups is 1. The van der Waals surface area contributed by atoms with Gasteiger partial charge in [-0.25, -0.2) is 11.6 Å². The average molecular weight is 399 g/mol. The van der Waals surface area contributed by atoms with Gasteiger partial charge >= 0.3 is 0 Å². The Labute approximate surface area is 176 Å². The van der Waals surface area contributed by atoms with Crippen molar-refractivity contribution in [1.82, 2.24) is 19.3 Å². The van der Waals surface area contributed by atoms with Crippen LogP contribution in [0, 0.1) is 18.4 Å². The molecule has 6 nitrogen and oxygen atoms in total. The number of hydrogen-bond donors (Lipinski definition) is 0. The second-order valence-corrected chi connectivity index (χ2v) is 8.91. The second kappa shape index (κ2) is 6.66. The Bertz CT molecular complexity index is 1170. The molecule has 0 radical (unpaired) electrons. The number of ketones is 1. The van der Waals surface area contributed by atoms with E-state index in [0.717, 1.165) is 35.6 Å². The number of rotatable bonds is 2. The second-order valence-electron chi connectivity index (χ2n) is 8.91. The summed E-state index contributed by atoms with van der Waals surface area (Å²) in [5.74, 6) is 1.11. The molecule has 0 aliphatic heterocycles. The molecule has 3 aromatic rings. The minimum Gasteiger partial charge on any atom is -0.305 e. The number of Topliss-reactive ketones (excluding diaryl/α,β-unsaturated/α-hetero) is 1. The van der Waals surface area contributed by atoms with E-state index in [-0.39, 0.29) is 23.0 Å². The highest BCUT2D eigenvalue weighted by Crippen LogP contribution is 2.52. The van der Waals surface area contributed by atoms with Crippen LogP contribution in [0.15, 0.2) is 42.7 Å². The summed E-state index contributed by atoms with van der Waals surface area (Å²) in [6.07, 6.45) is 6.23. The molecule has 30 heavy (non-hydrogen) atoms. The summed E-state index contributed by atoms with van der Waals surface area (Å²) in [4.78, 5) is 21.6. The summed E-state index contributed by atoms with van der Waals surface area (Å²) < 4.78 is 4.03. The predicted molar refractivity (Wildman–Crippen MR) is 114 cm³/mol. The molecule has 1 fully saturated rings. The molecule has 5 rings (SSSR count). The molecular formula is C24H25N5O. The van der Waals surface area contributed by atoms with Crippen molar-refractivity contribution in [2.75, 3.05) is 0 Å². The number of carbonyl (C=O) groups excluding carboxylic acids is 1. The fraction of sp³-hybridized carbons (Fsp3) is 0.417. The predicted octanol–water partition coefficient (Wildman–Crippen LogP) is 3.99. The number of nitrogens with zero attached hydrogens (tertiary/aromatic N) is 5. The maximum atomic E-state index is 12.7. The van der Waals surface area contributed by atoms with Crippen LogP contribution in [0.2, 0.25) is 0 Å². The molecule has 1 unspecified atom stereocenters. The smallest absolute Gasteiger partial charge is 0.282 e. The molecule has 2 heterocycles. The van der Waals surface area contributed by atoms with Crippen molar-refractivity contribution in [1.29, 1.82) is 0 Å². The first-order chi connectivity index (χ1) is 14.4. The molecule has 2 aliphatic rings. The van der Waals surface area contributed by atoms with Gasteiger partial charge in [-0.15, -0.1) is 0 Å². The summed E-state index contributed by atoms with van der Waals surface area (Å²) in [5, 5.41) is 4.39. The molecule has 2 aliphatic carbocycles. The Kier molecular flexibility index (Phi) is 4.18. The lowest BCUT2D eigenvalue weighted by molar-refractivity contribution is -0.129. The Balaban J connectivity index is 1.75. The van der Waals surface area contributed by atoms with Gasteiger partial charge in [0.25, 0.3) is 6.04 Å². The van der Waals surface area contributed by atoms with Crippen molar-refractivity contribution in [3.8, 4) is 17.1 Å². The van der Waals surface area contributed by atoms with Crippen molar-refractivity contribution in [2.24, 2.45) is 18.9 Å². The number of imidazole rings is 1. The topological polar surface area (TPSA) is 57.1 Å². The van der Waals surface area contributed by atoms with Crippen LogP contribution in [-0.4, -0.2) is 31.2 Å². The summed E-state index contributed by atoms with van der Waals surface area (Å²) >= 11 is 0. The van der Waals surface area contributed by atoms with Gasteiger partial charge in [-0.1, -0.05) is 44.2 Å². The molecule has 152 valence electrons. The number of hydrogen-bond acceptors (Lipinski definition) is 3. The van der Waals surface area contributed by atoms with Gasteiger partial charge in [0, 0.05) is 42.3 Å². The zero-order valence-corrected chi connectivity index (χ0v) is 17.5. The molecular weight excluding hydrogens is 374 g/mol. The van der Waals surface area contributed by atoms with Gasteiger partial charge in [0.2, 0.25) is 5.78 Å². The van der Waals surface area contributed by atoms with Crippen LogP contribution in [0.1, 0.15) is 38.1 Å². The van der Waals surface area contributed by atoms with Gasteiger partial charge in [-0.05, 0) is 18.8 Å². The largest absolute Gasteiger partial charge is 0.305 e. The lowest BCUT2D eigenvalue weighted by atomic mass is 9.56. The van der Waals surface area contributed by atoms with E-state index >= 15 is 0 Å². The number of benzene rings is 1. The summed E-state index contributed by atoms with van der Waals surface area (Å²) in [6, 6.07) is 9.64. The maximum absolute atomic E-state index is 12.7. The molecule has 4 atom stereocenters. The highest BCUT2D eigenvalue weighted by molar-refractivity contribution is 5.89. The summed E-state index contributed by atoms with van der Waals surface area (Å²) in [5.41, 5.74) is 4.00. The molecule has 0 spiro atoms. The van der Waals surface area contributed by atoms with E-state index in [1.807, 2.05) is 44.6 Å². The average Bonchev–Trinajstić information content (AvgIpc) is 3.35. The summed E-state index contributed by atoms with van der Waals surface area (Å²) in [7, 11) is 1.92. The van der Waals surface area contributed by atoms with E-state index in [4.69, 9.17) is 11.6 Å². The normalized spacial score (nSPS) is 27.9. The van der Waals surface area contributed by atoms with E-state index in [9.17, 15) is 4.79 Å². The molecule has 0 amide bonds. The van der Waals surface area contributed by atoms with E-state index < -0.39 is 6.04 Å². The fourth-order valence-corrected chi connectivity index (χ4v) is 5.67. The Morgan fingerprint density at radius 3 is 2.70 bits per heavy atom. The molecule has 1 aromatic carbocycles. The van der Waals surface area contributed by atoms with E-state index in [2.05, 4.69) is 33.6 Å². The first-order valence-electron chi connectivity index (χ1n) is 10.5. The standard InChI is InChI=1S/C24H25N5O/c1-15-18-10-11-20-22(24(18,2)12-19(25-3)21(15)30)27-23(16-8-6-5-7-9-16)29(20)17-13-26-28(4)14-17/h5-9,13-15,18-19H,10-12H2,1-2,4H3/t15-,18-,19?,24-/m0/s1. The molecule has 0 N–H and O–H groups in total. The van der Waals surface area contributed by atoms with Crippen molar-refractivity contribution < 1.29 is 4.79 Å². The lowest BCUT2D eigenvalue weighted by Gasteiger charge is -2.46. The quantitative estimate of drug-likeness (QED) is 0.612. The van der Waals surface area contributed by atoms with Crippen LogP contribution in [0.5, 0.6) is 0 Å². The van der Waals surface area contributed by atoms with Crippen LogP contribution in [-0.2, 0) is 23.7 Å².